The molecule has 0 aliphatic carbocycles. The highest BCUT2D eigenvalue weighted by atomic mass is 16.2. The van der Waals surface area contributed by atoms with Gasteiger partial charge in [-0.1, -0.05) is 24.3 Å². The molecule has 0 radical (unpaired) electrons. The van der Waals surface area contributed by atoms with Crippen molar-refractivity contribution in [3.8, 4) is 0 Å². The smallest absolute Gasteiger partial charge is 0.261 e. The van der Waals surface area contributed by atoms with E-state index in [1.165, 1.54) is 4.90 Å². The molecule has 1 aliphatic heterocycles. The predicted octanol–water partition coefficient (Wildman–Crippen LogP) is 1.81. The summed E-state index contributed by atoms with van der Waals surface area (Å²) < 4.78 is 0. The summed E-state index contributed by atoms with van der Waals surface area (Å²) in [6.45, 7) is 0.229. The molecule has 0 unspecified atom stereocenters. The largest absolute Gasteiger partial charge is 0.274 e. The van der Waals surface area contributed by atoms with E-state index in [-0.39, 0.29) is 24.8 Å². The van der Waals surface area contributed by atoms with Crippen LogP contribution >= 0.6 is 0 Å². The Morgan fingerprint density at radius 1 is 1.05 bits per heavy atom. The monoisotopic (exact) mass is 252 g/mol. The fourth-order valence-electron chi connectivity index (χ4n) is 2.21. The van der Waals surface area contributed by atoms with E-state index in [1.54, 1.807) is 24.4 Å². The predicted molar refractivity (Wildman–Crippen MR) is 69.3 cm³/mol. The summed E-state index contributed by atoms with van der Waals surface area (Å²) in [5.74, 6) is -0.410. The zero-order chi connectivity index (χ0) is 13.2. The first-order chi connectivity index (χ1) is 9.25. The average Bonchev–Trinajstić information content (AvgIpc) is 2.45. The molecule has 2 heterocycles. The van der Waals surface area contributed by atoms with Crippen LogP contribution in [0.3, 0.4) is 0 Å². The zero-order valence-corrected chi connectivity index (χ0v) is 10.2. The minimum absolute atomic E-state index is 0.172. The first-order valence-electron chi connectivity index (χ1n) is 6.08. The lowest BCUT2D eigenvalue weighted by molar-refractivity contribution is -0.128. The topological polar surface area (TPSA) is 50.3 Å². The van der Waals surface area contributed by atoms with Crippen LogP contribution in [0.25, 0.3) is 0 Å². The van der Waals surface area contributed by atoms with Gasteiger partial charge in [0, 0.05) is 11.8 Å². The number of hydrogen-bond acceptors (Lipinski definition) is 3. The molecule has 94 valence electrons. The van der Waals surface area contributed by atoms with Gasteiger partial charge in [-0.2, -0.15) is 0 Å². The summed E-state index contributed by atoms with van der Waals surface area (Å²) in [7, 11) is 0. The molecule has 4 heteroatoms. The number of amides is 2. The molecule has 0 atom stereocenters. The summed E-state index contributed by atoms with van der Waals surface area (Å²) in [5.41, 5.74) is 2.12. The van der Waals surface area contributed by atoms with Gasteiger partial charge in [0.2, 0.25) is 5.91 Å². The summed E-state index contributed by atoms with van der Waals surface area (Å²) in [6.07, 6.45) is 1.93. The van der Waals surface area contributed by atoms with Gasteiger partial charge in [0.25, 0.3) is 5.91 Å². The van der Waals surface area contributed by atoms with Gasteiger partial charge in [-0.3, -0.25) is 19.5 Å². The van der Waals surface area contributed by atoms with Crippen molar-refractivity contribution >= 4 is 11.8 Å². The number of imide groups is 1. The minimum Gasteiger partial charge on any atom is -0.274 e. The Labute approximate surface area is 110 Å². The second-order valence-corrected chi connectivity index (χ2v) is 4.44. The molecule has 2 amide bonds. The van der Waals surface area contributed by atoms with Crippen LogP contribution in [-0.2, 0) is 17.8 Å². The lowest BCUT2D eigenvalue weighted by Crippen LogP contribution is -2.41. The van der Waals surface area contributed by atoms with Crippen LogP contribution in [0.1, 0.15) is 21.6 Å². The van der Waals surface area contributed by atoms with Crippen LogP contribution in [0.4, 0.5) is 0 Å². The van der Waals surface area contributed by atoms with E-state index in [9.17, 15) is 9.59 Å². The van der Waals surface area contributed by atoms with Gasteiger partial charge in [0.15, 0.2) is 0 Å². The van der Waals surface area contributed by atoms with Crippen LogP contribution in [0.2, 0.25) is 0 Å². The molecule has 0 saturated heterocycles. The molecule has 0 bridgehead atoms. The lowest BCUT2D eigenvalue weighted by Gasteiger charge is -2.26. The van der Waals surface area contributed by atoms with Crippen molar-refractivity contribution in [2.45, 2.75) is 13.0 Å². The maximum atomic E-state index is 12.3. The Hall–Kier alpha value is -2.49. The lowest BCUT2D eigenvalue weighted by atomic mass is 9.98. The van der Waals surface area contributed by atoms with E-state index in [2.05, 4.69) is 4.98 Å². The maximum Gasteiger partial charge on any atom is 0.261 e. The van der Waals surface area contributed by atoms with E-state index >= 15 is 0 Å². The van der Waals surface area contributed by atoms with Crippen molar-refractivity contribution in [1.29, 1.82) is 0 Å². The van der Waals surface area contributed by atoms with Gasteiger partial charge in [0.05, 0.1) is 18.7 Å². The maximum absolute atomic E-state index is 12.3. The van der Waals surface area contributed by atoms with Gasteiger partial charge in [-0.05, 0) is 23.8 Å². The summed E-state index contributed by atoms with van der Waals surface area (Å²) >= 11 is 0. The SMILES string of the molecule is O=C1Cc2ccccc2C(=O)N1Cc1ccccn1. The van der Waals surface area contributed by atoms with Crippen LogP contribution in [0.5, 0.6) is 0 Å². The van der Waals surface area contributed by atoms with Crippen molar-refractivity contribution in [3.63, 3.8) is 0 Å². The zero-order valence-electron chi connectivity index (χ0n) is 10.2. The molecule has 19 heavy (non-hydrogen) atoms. The second kappa shape index (κ2) is 4.65. The third-order valence-corrected chi connectivity index (χ3v) is 3.18. The van der Waals surface area contributed by atoms with Gasteiger partial charge in [-0.25, -0.2) is 0 Å². The van der Waals surface area contributed by atoms with Gasteiger partial charge in [0.1, 0.15) is 0 Å². The number of rotatable bonds is 2. The van der Waals surface area contributed by atoms with Crippen molar-refractivity contribution in [1.82, 2.24) is 9.88 Å². The third-order valence-electron chi connectivity index (χ3n) is 3.18. The highest BCUT2D eigenvalue weighted by Crippen LogP contribution is 2.20. The summed E-state index contributed by atoms with van der Waals surface area (Å²) in [5, 5.41) is 0. The van der Waals surface area contributed by atoms with Gasteiger partial charge in [-0.15, -0.1) is 0 Å². The normalized spacial score (nSPS) is 14.4. The fourth-order valence-corrected chi connectivity index (χ4v) is 2.21. The molecule has 4 nitrogen and oxygen atoms in total. The number of carbonyl (C=O) groups excluding carboxylic acids is 2. The number of benzene rings is 1. The molecule has 3 rings (SSSR count). The van der Waals surface area contributed by atoms with Crippen molar-refractivity contribution in [2.75, 3.05) is 0 Å². The molecule has 0 fully saturated rings. The molecule has 0 N–H and O–H groups in total. The number of aromatic nitrogens is 1. The number of pyridine rings is 1. The van der Waals surface area contributed by atoms with Crippen LogP contribution < -0.4 is 0 Å². The summed E-state index contributed by atoms with van der Waals surface area (Å²) in [4.78, 5) is 29.8. The Morgan fingerprint density at radius 2 is 1.84 bits per heavy atom. The highest BCUT2D eigenvalue weighted by molar-refractivity contribution is 6.09. The molecule has 1 aliphatic rings. The molecular formula is C15H12N2O2. The van der Waals surface area contributed by atoms with Gasteiger partial charge >= 0.3 is 0 Å². The average molecular weight is 252 g/mol. The Morgan fingerprint density at radius 3 is 2.63 bits per heavy atom. The minimum atomic E-state index is -0.238. The van der Waals surface area contributed by atoms with E-state index in [1.807, 2.05) is 24.3 Å². The number of carbonyl (C=O) groups is 2. The quantitative estimate of drug-likeness (QED) is 0.766. The van der Waals surface area contributed by atoms with Crippen molar-refractivity contribution in [3.05, 3.63) is 65.5 Å². The second-order valence-electron chi connectivity index (χ2n) is 4.44. The summed E-state index contributed by atoms with van der Waals surface area (Å²) in [6, 6.07) is 12.7. The van der Waals surface area contributed by atoms with E-state index in [0.717, 1.165) is 5.56 Å². The van der Waals surface area contributed by atoms with E-state index < -0.39 is 0 Å². The fraction of sp³-hybridized carbons (Fsp3) is 0.133. The van der Waals surface area contributed by atoms with Crippen molar-refractivity contribution in [2.24, 2.45) is 0 Å². The first kappa shape index (κ1) is 11.6. The van der Waals surface area contributed by atoms with E-state index in [4.69, 9.17) is 0 Å². The Kier molecular flexibility index (Phi) is 2.83. The molecule has 1 aromatic carbocycles. The molecular weight excluding hydrogens is 240 g/mol. The van der Waals surface area contributed by atoms with Crippen LogP contribution in [0.15, 0.2) is 48.7 Å². The van der Waals surface area contributed by atoms with E-state index in [0.29, 0.717) is 11.3 Å². The molecule has 2 aromatic rings. The van der Waals surface area contributed by atoms with Gasteiger partial charge < -0.3 is 0 Å². The molecule has 1 aromatic heterocycles. The first-order valence-corrected chi connectivity index (χ1v) is 6.08. The van der Waals surface area contributed by atoms with Crippen molar-refractivity contribution < 1.29 is 9.59 Å². The van der Waals surface area contributed by atoms with Crippen LogP contribution in [-0.4, -0.2) is 21.7 Å². The Bertz CT molecular complexity index is 638. The molecule has 0 spiro atoms. The number of hydrogen-bond donors (Lipinski definition) is 0. The number of fused-ring (bicyclic) bond motifs is 1. The standard InChI is InChI=1S/C15H12N2O2/c18-14-9-11-5-1-2-7-13(11)15(19)17(14)10-12-6-3-4-8-16-12/h1-8H,9-10H2. The Balaban J connectivity index is 1.92. The third kappa shape index (κ3) is 2.12. The van der Waals surface area contributed by atoms with Crippen LogP contribution in [0, 0.1) is 0 Å². The highest BCUT2D eigenvalue weighted by Gasteiger charge is 2.30. The number of nitrogens with zero attached hydrogens (tertiary/aromatic N) is 2. The molecule has 0 saturated carbocycles.